The molecule has 0 aliphatic carbocycles. The molecule has 1 aromatic rings. The average molecular weight is 310 g/mol. The molecule has 0 aliphatic rings. The van der Waals surface area contributed by atoms with Crippen molar-refractivity contribution in [2.24, 2.45) is 0 Å². The summed E-state index contributed by atoms with van der Waals surface area (Å²) >= 11 is 4.91. The van der Waals surface area contributed by atoms with Crippen LogP contribution in [0.4, 0.5) is 11.4 Å². The number of anilines is 1. The van der Waals surface area contributed by atoms with Crippen LogP contribution < -0.4 is 15.7 Å². The minimum atomic E-state index is -0.614. The molecule has 0 atom stereocenters. The molecule has 1 aromatic carbocycles. The van der Waals surface area contributed by atoms with Crippen molar-refractivity contribution < 1.29 is 14.8 Å². The average Bonchev–Trinajstić information content (AvgIpc) is 2.41. The molecule has 0 radical (unpaired) electrons. The SMILES string of the molecule is CCCCCC(=O)NC(=S)Nc1cc([N+](=O)[O-])ccc1[O-]. The molecule has 0 saturated heterocycles. The van der Waals surface area contributed by atoms with Crippen LogP contribution in [-0.2, 0) is 4.79 Å². The maximum absolute atomic E-state index is 11.6. The highest BCUT2D eigenvalue weighted by Crippen LogP contribution is 2.25. The number of non-ortho nitro benzene ring substituents is 1. The predicted octanol–water partition coefficient (Wildman–Crippen LogP) is 2.06. The van der Waals surface area contributed by atoms with E-state index in [1.807, 2.05) is 6.92 Å². The minimum absolute atomic E-state index is 0.0388. The molecule has 2 N–H and O–H groups in total. The van der Waals surface area contributed by atoms with Gasteiger partial charge < -0.3 is 15.7 Å². The fourth-order valence-electron chi connectivity index (χ4n) is 1.61. The molecule has 0 fully saturated rings. The first-order chi connectivity index (χ1) is 9.93. The van der Waals surface area contributed by atoms with Crippen LogP contribution in [0, 0.1) is 10.1 Å². The number of nitrogens with zero attached hydrogens (tertiary/aromatic N) is 1. The summed E-state index contributed by atoms with van der Waals surface area (Å²) in [6.45, 7) is 2.03. The number of carbonyl (C=O) groups is 1. The molecule has 0 saturated carbocycles. The van der Waals surface area contributed by atoms with E-state index in [9.17, 15) is 20.0 Å². The van der Waals surface area contributed by atoms with Gasteiger partial charge in [0.05, 0.1) is 4.92 Å². The molecule has 1 amide bonds. The van der Waals surface area contributed by atoms with Gasteiger partial charge >= 0.3 is 0 Å². The maximum Gasteiger partial charge on any atom is 0.271 e. The number of nitro benzene ring substituents is 1. The summed E-state index contributed by atoms with van der Waals surface area (Å²) in [6.07, 6.45) is 3.05. The Morgan fingerprint density at radius 1 is 1.38 bits per heavy atom. The van der Waals surface area contributed by atoms with E-state index in [-0.39, 0.29) is 22.4 Å². The molecule has 0 bridgehead atoms. The van der Waals surface area contributed by atoms with Crippen molar-refractivity contribution >= 4 is 34.6 Å². The van der Waals surface area contributed by atoms with Gasteiger partial charge in [-0.1, -0.05) is 31.6 Å². The van der Waals surface area contributed by atoms with Crippen LogP contribution in [0.25, 0.3) is 0 Å². The van der Waals surface area contributed by atoms with E-state index in [0.717, 1.165) is 37.5 Å². The second kappa shape index (κ2) is 8.15. The van der Waals surface area contributed by atoms with E-state index in [1.165, 1.54) is 0 Å². The number of unbranched alkanes of at least 4 members (excludes halogenated alkanes) is 2. The molecular formula is C13H16N3O4S-. The van der Waals surface area contributed by atoms with Crippen LogP contribution >= 0.6 is 12.2 Å². The van der Waals surface area contributed by atoms with Gasteiger partial charge in [-0.3, -0.25) is 14.9 Å². The number of nitrogens with one attached hydrogen (secondary N) is 2. The third kappa shape index (κ3) is 5.74. The third-order valence-corrected chi connectivity index (χ3v) is 2.89. The van der Waals surface area contributed by atoms with Crippen molar-refractivity contribution in [3.8, 4) is 5.75 Å². The van der Waals surface area contributed by atoms with Crippen molar-refractivity contribution in [3.05, 3.63) is 28.3 Å². The Hall–Kier alpha value is -2.22. The fourth-order valence-corrected chi connectivity index (χ4v) is 1.83. The van der Waals surface area contributed by atoms with E-state index < -0.39 is 10.7 Å². The lowest BCUT2D eigenvalue weighted by atomic mass is 10.2. The fraction of sp³-hybridized carbons (Fsp3) is 0.385. The number of hydrogen-bond acceptors (Lipinski definition) is 5. The van der Waals surface area contributed by atoms with Crippen LogP contribution in [0.5, 0.6) is 5.75 Å². The minimum Gasteiger partial charge on any atom is -0.871 e. The van der Waals surface area contributed by atoms with Gasteiger partial charge in [0, 0.05) is 24.2 Å². The van der Waals surface area contributed by atoms with Gasteiger partial charge in [0.1, 0.15) is 0 Å². The van der Waals surface area contributed by atoms with Crippen LogP contribution in [0.1, 0.15) is 32.6 Å². The van der Waals surface area contributed by atoms with Crippen molar-refractivity contribution in [1.29, 1.82) is 0 Å². The zero-order valence-corrected chi connectivity index (χ0v) is 12.4. The highest BCUT2D eigenvalue weighted by Gasteiger charge is 2.09. The molecule has 21 heavy (non-hydrogen) atoms. The molecule has 0 aliphatic heterocycles. The molecular weight excluding hydrogens is 294 g/mol. The summed E-state index contributed by atoms with van der Waals surface area (Å²) in [7, 11) is 0. The largest absolute Gasteiger partial charge is 0.871 e. The summed E-state index contributed by atoms with van der Waals surface area (Å²) in [5, 5.41) is 27.1. The molecule has 0 unspecified atom stereocenters. The van der Waals surface area contributed by atoms with E-state index in [0.29, 0.717) is 6.42 Å². The van der Waals surface area contributed by atoms with Crippen LogP contribution in [-0.4, -0.2) is 15.9 Å². The van der Waals surface area contributed by atoms with Crippen LogP contribution in [0.2, 0.25) is 0 Å². The van der Waals surface area contributed by atoms with Crippen molar-refractivity contribution in [2.75, 3.05) is 5.32 Å². The number of rotatable bonds is 6. The first-order valence-electron chi connectivity index (χ1n) is 6.50. The lowest BCUT2D eigenvalue weighted by Crippen LogP contribution is -2.34. The first-order valence-corrected chi connectivity index (χ1v) is 6.91. The Balaban J connectivity index is 2.60. The van der Waals surface area contributed by atoms with Gasteiger partial charge in [0.15, 0.2) is 5.11 Å². The van der Waals surface area contributed by atoms with Crippen LogP contribution in [0.15, 0.2) is 18.2 Å². The van der Waals surface area contributed by atoms with E-state index in [4.69, 9.17) is 12.2 Å². The van der Waals surface area contributed by atoms with Crippen LogP contribution in [0.3, 0.4) is 0 Å². The summed E-state index contributed by atoms with van der Waals surface area (Å²) in [6, 6.07) is 3.27. The second-order valence-electron chi connectivity index (χ2n) is 4.40. The normalized spacial score (nSPS) is 9.95. The Morgan fingerprint density at radius 3 is 2.71 bits per heavy atom. The zero-order chi connectivity index (χ0) is 15.8. The Bertz CT molecular complexity index is 548. The van der Waals surface area contributed by atoms with Gasteiger partial charge in [-0.2, -0.15) is 0 Å². The number of nitro groups is 1. The molecule has 0 spiro atoms. The van der Waals surface area contributed by atoms with Gasteiger partial charge in [-0.15, -0.1) is 0 Å². The summed E-state index contributed by atoms with van der Waals surface area (Å²) in [4.78, 5) is 21.6. The number of amides is 1. The predicted molar refractivity (Wildman–Crippen MR) is 81.0 cm³/mol. The monoisotopic (exact) mass is 310 g/mol. The highest BCUT2D eigenvalue weighted by atomic mass is 32.1. The van der Waals surface area contributed by atoms with Gasteiger partial charge in [-0.25, -0.2) is 0 Å². The Labute approximate surface area is 127 Å². The summed E-state index contributed by atoms with van der Waals surface area (Å²) in [5.74, 6) is -0.693. The van der Waals surface area contributed by atoms with Gasteiger partial charge in [0.2, 0.25) is 5.91 Å². The summed E-state index contributed by atoms with van der Waals surface area (Å²) in [5.41, 5.74) is -0.266. The van der Waals surface area contributed by atoms with E-state index in [2.05, 4.69) is 10.6 Å². The third-order valence-electron chi connectivity index (χ3n) is 2.68. The smallest absolute Gasteiger partial charge is 0.271 e. The summed E-state index contributed by atoms with van der Waals surface area (Å²) < 4.78 is 0. The first kappa shape index (κ1) is 16.8. The molecule has 114 valence electrons. The van der Waals surface area contributed by atoms with Crippen molar-refractivity contribution in [2.45, 2.75) is 32.6 Å². The number of hydrogen-bond donors (Lipinski definition) is 2. The van der Waals surface area contributed by atoms with Crippen molar-refractivity contribution in [1.82, 2.24) is 5.32 Å². The molecule has 0 aromatic heterocycles. The van der Waals surface area contributed by atoms with Gasteiger partial charge in [0.25, 0.3) is 5.69 Å². The standard InChI is InChI=1S/C13H17N3O4S/c1-2-3-4-5-12(18)15-13(21)14-10-8-9(16(19)20)6-7-11(10)17/h6-8,17H,2-5H2,1H3,(H2,14,15,18,21)/p-1. The number of benzene rings is 1. The number of carbonyl (C=O) groups excluding carboxylic acids is 1. The Kier molecular flexibility index (Phi) is 6.54. The molecule has 0 heterocycles. The lowest BCUT2D eigenvalue weighted by molar-refractivity contribution is -0.385. The molecule has 8 heteroatoms. The second-order valence-corrected chi connectivity index (χ2v) is 4.81. The van der Waals surface area contributed by atoms with Gasteiger partial charge in [-0.05, 0) is 18.6 Å². The van der Waals surface area contributed by atoms with E-state index >= 15 is 0 Å². The maximum atomic E-state index is 11.6. The zero-order valence-electron chi connectivity index (χ0n) is 11.5. The number of thiocarbonyl (C=S) groups is 1. The molecule has 1 rings (SSSR count). The highest BCUT2D eigenvalue weighted by molar-refractivity contribution is 7.80. The van der Waals surface area contributed by atoms with Crippen molar-refractivity contribution in [3.63, 3.8) is 0 Å². The van der Waals surface area contributed by atoms with E-state index in [1.54, 1.807) is 0 Å². The lowest BCUT2D eigenvalue weighted by Gasteiger charge is -2.15. The Morgan fingerprint density at radius 2 is 2.10 bits per heavy atom. The topological polar surface area (TPSA) is 107 Å². The quantitative estimate of drug-likeness (QED) is 0.360. The molecule has 7 nitrogen and oxygen atoms in total.